The molecule has 0 spiro atoms. The molecule has 3 nitrogen and oxygen atoms in total. The maximum Gasteiger partial charge on any atom is 0.192 e. The molecular formula is C24H50O3Si2. The van der Waals surface area contributed by atoms with Crippen molar-refractivity contribution < 1.29 is 14.0 Å². The first-order valence-electron chi connectivity index (χ1n) is 11.8. The molecule has 0 heterocycles. The Morgan fingerprint density at radius 1 is 0.862 bits per heavy atom. The van der Waals surface area contributed by atoms with Crippen LogP contribution in [0.3, 0.4) is 0 Å². The molecule has 0 saturated carbocycles. The average molecular weight is 443 g/mol. The zero-order valence-corrected chi connectivity index (χ0v) is 23.2. The first kappa shape index (κ1) is 27.1. The Morgan fingerprint density at radius 3 is 1.93 bits per heavy atom. The lowest BCUT2D eigenvalue weighted by atomic mass is 10.0. The van der Waals surface area contributed by atoms with E-state index in [2.05, 4.69) is 73.8 Å². The smallest absolute Gasteiger partial charge is 0.192 e. The fraction of sp³-hybridized carbons (Fsp3) is 0.917. The molecule has 2 atom stereocenters. The highest BCUT2D eigenvalue weighted by Crippen LogP contribution is 2.39. The Labute approximate surface area is 183 Å². The summed E-state index contributed by atoms with van der Waals surface area (Å²) in [5, 5.41) is 10.9. The van der Waals surface area contributed by atoms with Gasteiger partial charge in [0.1, 0.15) is 0 Å². The van der Waals surface area contributed by atoms with E-state index in [0.717, 1.165) is 19.4 Å². The lowest BCUT2D eigenvalue weighted by Gasteiger charge is -2.38. The van der Waals surface area contributed by atoms with Crippen molar-refractivity contribution in [3.8, 4) is 0 Å². The Morgan fingerprint density at radius 2 is 1.38 bits per heavy atom. The van der Waals surface area contributed by atoms with Gasteiger partial charge in [0.2, 0.25) is 0 Å². The maximum absolute atomic E-state index is 10.4. The van der Waals surface area contributed by atoms with E-state index < -0.39 is 16.6 Å². The SMILES string of the molecule is CC(C)(C)[Si](C)(C)OCCCCCCCC1=C[C@@H](O[Si](C)(C)C(C)(C)C)C[C@@H]1O. The molecule has 1 aliphatic rings. The van der Waals surface area contributed by atoms with Crippen molar-refractivity contribution in [3.05, 3.63) is 11.6 Å². The molecular weight excluding hydrogens is 392 g/mol. The van der Waals surface area contributed by atoms with E-state index >= 15 is 0 Å². The molecule has 0 aromatic carbocycles. The predicted octanol–water partition coefficient (Wildman–Crippen LogP) is 7.43. The van der Waals surface area contributed by atoms with E-state index in [0.29, 0.717) is 5.04 Å². The molecule has 0 unspecified atom stereocenters. The van der Waals surface area contributed by atoms with Gasteiger partial charge in [-0.25, -0.2) is 0 Å². The van der Waals surface area contributed by atoms with Gasteiger partial charge in [-0.15, -0.1) is 0 Å². The number of rotatable bonds is 11. The van der Waals surface area contributed by atoms with Gasteiger partial charge in [0, 0.05) is 13.0 Å². The van der Waals surface area contributed by atoms with Crippen molar-refractivity contribution in [2.75, 3.05) is 6.61 Å². The zero-order chi connectivity index (χ0) is 22.5. The molecule has 1 N–H and O–H groups in total. The maximum atomic E-state index is 10.4. The molecule has 0 aromatic rings. The quantitative estimate of drug-likeness (QED) is 0.205. The standard InChI is InChI=1S/C24H50O3Si2/c1-23(2,3)28(7,8)26-17-15-13-11-12-14-16-20-18-21(19-22(20)25)27-29(9,10)24(4,5)6/h18,21-22,25H,11-17,19H2,1-10H3/t21-,22+/m1/s1. The number of hydrogen-bond donors (Lipinski definition) is 1. The van der Waals surface area contributed by atoms with Gasteiger partial charge in [-0.2, -0.15) is 0 Å². The first-order valence-corrected chi connectivity index (χ1v) is 17.6. The van der Waals surface area contributed by atoms with Gasteiger partial charge in [-0.3, -0.25) is 0 Å². The summed E-state index contributed by atoms with van der Waals surface area (Å²) >= 11 is 0. The van der Waals surface area contributed by atoms with Gasteiger partial charge in [0.25, 0.3) is 0 Å². The van der Waals surface area contributed by atoms with Crippen LogP contribution < -0.4 is 0 Å². The normalized spacial score (nSPS) is 21.6. The number of unbranched alkanes of at least 4 members (excludes halogenated alkanes) is 4. The number of hydrogen-bond acceptors (Lipinski definition) is 3. The Balaban J connectivity index is 2.25. The highest BCUT2D eigenvalue weighted by molar-refractivity contribution is 6.74. The van der Waals surface area contributed by atoms with E-state index in [1.165, 1.54) is 37.7 Å². The van der Waals surface area contributed by atoms with Crippen molar-refractivity contribution in [3.63, 3.8) is 0 Å². The summed E-state index contributed by atoms with van der Waals surface area (Å²) in [6, 6.07) is 0. The molecule has 0 fully saturated rings. The molecule has 1 rings (SSSR count). The molecule has 0 radical (unpaired) electrons. The molecule has 29 heavy (non-hydrogen) atoms. The van der Waals surface area contributed by atoms with Gasteiger partial charge in [0.15, 0.2) is 16.6 Å². The van der Waals surface area contributed by atoms with E-state index in [9.17, 15) is 5.11 Å². The van der Waals surface area contributed by atoms with Crippen LogP contribution in [0, 0.1) is 0 Å². The van der Waals surface area contributed by atoms with Gasteiger partial charge in [0.05, 0.1) is 12.2 Å². The predicted molar refractivity (Wildman–Crippen MR) is 132 cm³/mol. The summed E-state index contributed by atoms with van der Waals surface area (Å²) in [6.07, 6.45) is 9.85. The molecule has 0 aliphatic heterocycles. The van der Waals surface area contributed by atoms with Gasteiger partial charge in [-0.05, 0) is 61.1 Å². The number of aliphatic hydroxyl groups is 1. The summed E-state index contributed by atoms with van der Waals surface area (Å²) < 4.78 is 12.7. The van der Waals surface area contributed by atoms with Crippen LogP contribution >= 0.6 is 0 Å². The van der Waals surface area contributed by atoms with Crippen LogP contribution in [0.5, 0.6) is 0 Å². The summed E-state index contributed by atoms with van der Waals surface area (Å²) in [5.74, 6) is 0. The Kier molecular flexibility index (Phi) is 9.88. The fourth-order valence-corrected chi connectivity index (χ4v) is 5.54. The minimum Gasteiger partial charge on any atom is -0.417 e. The molecule has 1 aliphatic carbocycles. The lowest BCUT2D eigenvalue weighted by Crippen LogP contribution is -2.43. The van der Waals surface area contributed by atoms with Crippen molar-refractivity contribution in [1.82, 2.24) is 0 Å². The molecule has 0 bridgehead atoms. The Bertz CT molecular complexity index is 527. The highest BCUT2D eigenvalue weighted by Gasteiger charge is 2.40. The second-order valence-corrected chi connectivity index (χ2v) is 21.6. The molecule has 0 saturated heterocycles. The van der Waals surface area contributed by atoms with Gasteiger partial charge in [-0.1, -0.05) is 66.9 Å². The fourth-order valence-electron chi connectivity index (χ4n) is 3.18. The van der Waals surface area contributed by atoms with E-state index in [4.69, 9.17) is 8.85 Å². The number of aliphatic hydroxyl groups excluding tert-OH is 1. The van der Waals surface area contributed by atoms with Gasteiger partial charge >= 0.3 is 0 Å². The Hall–Kier alpha value is 0.0538. The average Bonchev–Trinajstić information content (AvgIpc) is 2.86. The summed E-state index contributed by atoms with van der Waals surface area (Å²) in [6.45, 7) is 23.9. The third kappa shape index (κ3) is 8.60. The second kappa shape index (κ2) is 10.6. The van der Waals surface area contributed by atoms with Crippen LogP contribution in [-0.2, 0) is 8.85 Å². The van der Waals surface area contributed by atoms with E-state index in [1.54, 1.807) is 0 Å². The van der Waals surface area contributed by atoms with Crippen LogP contribution in [0.25, 0.3) is 0 Å². The topological polar surface area (TPSA) is 38.7 Å². The monoisotopic (exact) mass is 442 g/mol. The van der Waals surface area contributed by atoms with Crippen LogP contribution in [-0.4, -0.2) is 40.6 Å². The largest absolute Gasteiger partial charge is 0.417 e. The van der Waals surface area contributed by atoms with E-state index in [1.807, 2.05) is 0 Å². The van der Waals surface area contributed by atoms with Crippen molar-refractivity contribution >= 4 is 16.6 Å². The summed E-state index contributed by atoms with van der Waals surface area (Å²) in [4.78, 5) is 0. The zero-order valence-electron chi connectivity index (χ0n) is 21.2. The van der Waals surface area contributed by atoms with Gasteiger partial charge < -0.3 is 14.0 Å². The minimum absolute atomic E-state index is 0.105. The first-order chi connectivity index (χ1) is 13.1. The minimum atomic E-state index is -1.78. The molecule has 5 heteroatoms. The summed E-state index contributed by atoms with van der Waals surface area (Å²) in [7, 11) is -3.36. The molecule has 0 aromatic heterocycles. The third-order valence-corrected chi connectivity index (χ3v) is 16.5. The van der Waals surface area contributed by atoms with Crippen molar-refractivity contribution in [2.45, 2.75) is 135 Å². The highest BCUT2D eigenvalue weighted by atomic mass is 28.4. The van der Waals surface area contributed by atoms with Crippen LogP contribution in [0.1, 0.15) is 86.5 Å². The second-order valence-electron chi connectivity index (χ2n) is 12.0. The lowest BCUT2D eigenvalue weighted by molar-refractivity contribution is 0.149. The van der Waals surface area contributed by atoms with Crippen LogP contribution in [0.4, 0.5) is 0 Å². The summed E-state index contributed by atoms with van der Waals surface area (Å²) in [5.41, 5.74) is 1.20. The van der Waals surface area contributed by atoms with Crippen molar-refractivity contribution in [1.29, 1.82) is 0 Å². The van der Waals surface area contributed by atoms with Crippen molar-refractivity contribution in [2.24, 2.45) is 0 Å². The van der Waals surface area contributed by atoms with Crippen LogP contribution in [0.15, 0.2) is 11.6 Å². The van der Waals surface area contributed by atoms with E-state index in [-0.39, 0.29) is 17.2 Å². The molecule has 0 amide bonds. The molecule has 172 valence electrons. The van der Waals surface area contributed by atoms with Crippen LogP contribution in [0.2, 0.25) is 36.3 Å². The third-order valence-electron chi connectivity index (χ3n) is 7.41.